The summed E-state index contributed by atoms with van der Waals surface area (Å²) in [6.07, 6.45) is 4.08. The number of nitrogens with zero attached hydrogens (tertiary/aromatic N) is 3. The number of azide groups is 1. The minimum absolute atomic E-state index is 0.0584. The number of allylic oxidation sites excluding steroid dienone is 1. The molecule has 120 valence electrons. The van der Waals surface area contributed by atoms with E-state index in [9.17, 15) is 0 Å². The lowest BCUT2D eigenvalue weighted by Crippen LogP contribution is -2.47. The van der Waals surface area contributed by atoms with E-state index in [0.717, 1.165) is 18.6 Å². The van der Waals surface area contributed by atoms with Crippen LogP contribution < -0.4 is 0 Å². The van der Waals surface area contributed by atoms with Gasteiger partial charge in [0.05, 0.1) is 11.8 Å². The maximum atomic E-state index is 8.72. The summed E-state index contributed by atoms with van der Waals surface area (Å²) < 4.78 is 6.70. The number of hydrogen-bond donors (Lipinski definition) is 0. The second-order valence-electron chi connectivity index (χ2n) is 7.26. The van der Waals surface area contributed by atoms with Crippen molar-refractivity contribution in [1.82, 2.24) is 0 Å². The van der Waals surface area contributed by atoms with Crippen LogP contribution in [-0.2, 0) is 4.43 Å². The first kappa shape index (κ1) is 18.1. The average Bonchev–Trinajstić information content (AvgIpc) is 2.38. The fourth-order valence-corrected chi connectivity index (χ4v) is 9.18. The molecular formula is C16H31N3OSi. The van der Waals surface area contributed by atoms with E-state index in [-0.39, 0.29) is 6.04 Å². The standard InChI is InChI=1S/C16H31N3OSi/c1-11(2)21(12(3)4,13(5)6)20-15-9-8-14(7)16(10-15)18-19-17/h10-14,16H,8-9H2,1-7H3/t14-,16-/m1/s1. The van der Waals surface area contributed by atoms with Crippen LogP contribution in [-0.4, -0.2) is 14.4 Å². The van der Waals surface area contributed by atoms with Crippen molar-refractivity contribution in [3.8, 4) is 0 Å². The van der Waals surface area contributed by atoms with Crippen LogP contribution in [0.1, 0.15) is 61.3 Å². The van der Waals surface area contributed by atoms with E-state index < -0.39 is 8.32 Å². The Bertz CT molecular complexity index is 403. The third kappa shape index (κ3) is 3.83. The zero-order valence-electron chi connectivity index (χ0n) is 14.6. The summed E-state index contributed by atoms with van der Waals surface area (Å²) in [5.74, 6) is 1.47. The lowest BCUT2D eigenvalue weighted by Gasteiger charge is -2.44. The first-order valence-electron chi connectivity index (χ1n) is 8.19. The van der Waals surface area contributed by atoms with Crippen molar-refractivity contribution < 1.29 is 4.43 Å². The lowest BCUT2D eigenvalue weighted by molar-refractivity contribution is 0.313. The van der Waals surface area contributed by atoms with Crippen molar-refractivity contribution >= 4 is 8.32 Å². The fraction of sp³-hybridized carbons (Fsp3) is 0.875. The second kappa shape index (κ2) is 7.37. The Labute approximate surface area is 130 Å². The summed E-state index contributed by atoms with van der Waals surface area (Å²) in [7, 11) is -1.89. The Kier molecular flexibility index (Phi) is 6.35. The molecule has 0 bridgehead atoms. The van der Waals surface area contributed by atoms with Gasteiger partial charge in [-0.1, -0.05) is 53.6 Å². The van der Waals surface area contributed by atoms with E-state index in [4.69, 9.17) is 9.96 Å². The predicted molar refractivity (Wildman–Crippen MR) is 91.5 cm³/mol. The molecule has 21 heavy (non-hydrogen) atoms. The molecule has 0 aromatic rings. The molecule has 0 spiro atoms. The summed E-state index contributed by atoms with van der Waals surface area (Å²) >= 11 is 0. The molecule has 0 fully saturated rings. The zero-order valence-corrected chi connectivity index (χ0v) is 15.6. The lowest BCUT2D eigenvalue weighted by atomic mass is 9.91. The molecule has 0 unspecified atom stereocenters. The van der Waals surface area contributed by atoms with Crippen LogP contribution in [0.2, 0.25) is 16.6 Å². The Hall–Kier alpha value is -0.933. The fourth-order valence-electron chi connectivity index (χ4n) is 3.85. The van der Waals surface area contributed by atoms with Gasteiger partial charge < -0.3 is 4.43 Å². The first-order chi connectivity index (χ1) is 9.75. The summed E-state index contributed by atoms with van der Waals surface area (Å²) in [4.78, 5) is 2.98. The Morgan fingerprint density at radius 3 is 2.14 bits per heavy atom. The van der Waals surface area contributed by atoms with Crippen molar-refractivity contribution in [3.63, 3.8) is 0 Å². The van der Waals surface area contributed by atoms with E-state index in [0.29, 0.717) is 22.5 Å². The van der Waals surface area contributed by atoms with E-state index in [1.807, 2.05) is 0 Å². The van der Waals surface area contributed by atoms with Gasteiger partial charge >= 0.3 is 0 Å². The van der Waals surface area contributed by atoms with E-state index in [1.54, 1.807) is 0 Å². The van der Waals surface area contributed by atoms with Gasteiger partial charge in [-0.25, -0.2) is 0 Å². The van der Waals surface area contributed by atoms with Crippen LogP contribution in [0.25, 0.3) is 10.4 Å². The highest BCUT2D eigenvalue weighted by Crippen LogP contribution is 2.44. The van der Waals surface area contributed by atoms with Gasteiger partial charge in [-0.3, -0.25) is 0 Å². The van der Waals surface area contributed by atoms with Crippen LogP contribution in [0, 0.1) is 5.92 Å². The van der Waals surface area contributed by atoms with Crippen LogP contribution in [0.15, 0.2) is 16.9 Å². The monoisotopic (exact) mass is 309 g/mol. The molecule has 0 radical (unpaired) electrons. The van der Waals surface area contributed by atoms with Crippen molar-refractivity contribution in [1.29, 1.82) is 0 Å². The maximum absolute atomic E-state index is 8.72. The van der Waals surface area contributed by atoms with Crippen LogP contribution in [0.3, 0.4) is 0 Å². The van der Waals surface area contributed by atoms with Crippen LogP contribution in [0.4, 0.5) is 0 Å². The molecule has 0 N–H and O–H groups in total. The Balaban J connectivity index is 3.09. The third-order valence-corrected chi connectivity index (χ3v) is 11.0. The molecule has 0 aromatic heterocycles. The van der Waals surface area contributed by atoms with Crippen LogP contribution >= 0.6 is 0 Å². The van der Waals surface area contributed by atoms with E-state index >= 15 is 0 Å². The zero-order chi connectivity index (χ0) is 16.2. The predicted octanol–water partition coefficient (Wildman–Crippen LogP) is 6.17. The maximum Gasteiger partial charge on any atom is 0.258 e. The highest BCUT2D eigenvalue weighted by atomic mass is 28.4. The SMILES string of the molecule is CC(C)[Si](OC1=C[C@@H](N=[N+]=[N-])[C@H](C)CC1)(C(C)C)C(C)C. The minimum Gasteiger partial charge on any atom is -0.546 e. The molecular weight excluding hydrogens is 278 g/mol. The van der Waals surface area contributed by atoms with E-state index in [2.05, 4.69) is 64.6 Å². The summed E-state index contributed by atoms with van der Waals surface area (Å²) in [5, 5.41) is 3.92. The molecule has 1 aliphatic carbocycles. The van der Waals surface area contributed by atoms with Gasteiger partial charge in [-0.05, 0) is 40.6 Å². The Morgan fingerprint density at radius 2 is 1.71 bits per heavy atom. The molecule has 0 saturated carbocycles. The number of hydrogen-bond acceptors (Lipinski definition) is 2. The summed E-state index contributed by atoms with van der Waals surface area (Å²) in [6, 6.07) is -0.0584. The number of rotatable bonds is 6. The molecule has 0 saturated heterocycles. The molecule has 0 heterocycles. The molecule has 4 nitrogen and oxygen atoms in total. The van der Waals surface area contributed by atoms with Gasteiger partial charge in [0.25, 0.3) is 8.32 Å². The summed E-state index contributed by atoms with van der Waals surface area (Å²) in [6.45, 7) is 15.9. The molecule has 1 rings (SSSR count). The highest BCUT2D eigenvalue weighted by Gasteiger charge is 2.47. The molecule has 0 aromatic carbocycles. The van der Waals surface area contributed by atoms with Gasteiger partial charge in [0.1, 0.15) is 0 Å². The van der Waals surface area contributed by atoms with Gasteiger partial charge in [0.2, 0.25) is 0 Å². The molecule has 1 aliphatic rings. The quantitative estimate of drug-likeness (QED) is 0.250. The molecule has 0 aliphatic heterocycles. The van der Waals surface area contributed by atoms with Gasteiger partial charge in [-0.2, -0.15) is 0 Å². The first-order valence-corrected chi connectivity index (χ1v) is 10.3. The summed E-state index contributed by atoms with van der Waals surface area (Å²) in [5.41, 5.74) is 10.4. The normalized spacial score (nSPS) is 23.2. The molecule has 5 heteroatoms. The Morgan fingerprint density at radius 1 is 1.19 bits per heavy atom. The molecule has 0 amide bonds. The van der Waals surface area contributed by atoms with Crippen molar-refractivity contribution in [2.24, 2.45) is 11.0 Å². The van der Waals surface area contributed by atoms with Crippen molar-refractivity contribution in [2.45, 2.75) is 84.0 Å². The van der Waals surface area contributed by atoms with Crippen molar-refractivity contribution in [2.75, 3.05) is 0 Å². The smallest absolute Gasteiger partial charge is 0.258 e. The van der Waals surface area contributed by atoms with Crippen molar-refractivity contribution in [3.05, 3.63) is 22.3 Å². The largest absolute Gasteiger partial charge is 0.546 e. The highest BCUT2D eigenvalue weighted by molar-refractivity contribution is 6.77. The van der Waals surface area contributed by atoms with Crippen LogP contribution in [0.5, 0.6) is 0 Å². The molecule has 2 atom stereocenters. The topological polar surface area (TPSA) is 58.0 Å². The van der Waals surface area contributed by atoms with Gasteiger partial charge in [0.15, 0.2) is 0 Å². The second-order valence-corrected chi connectivity index (χ2v) is 12.6. The third-order valence-electron chi connectivity index (χ3n) is 4.99. The average molecular weight is 310 g/mol. The van der Waals surface area contributed by atoms with Gasteiger partial charge in [-0.15, -0.1) is 0 Å². The minimum atomic E-state index is -1.89. The van der Waals surface area contributed by atoms with Gasteiger partial charge in [0, 0.05) is 11.3 Å². The van der Waals surface area contributed by atoms with E-state index in [1.165, 1.54) is 0 Å².